The van der Waals surface area contributed by atoms with E-state index in [-0.39, 0.29) is 0 Å². The van der Waals surface area contributed by atoms with E-state index in [1.165, 1.54) is 44.5 Å². The molecule has 3 nitrogen and oxygen atoms in total. The SMILES string of the molecule is CN1CCCC2CN(Cc3cc(N)cc(Cl)c3)CCC21. The maximum Gasteiger partial charge on any atom is 0.0429 e. The van der Waals surface area contributed by atoms with Crippen LogP contribution in [-0.2, 0) is 6.54 Å². The molecule has 3 rings (SSSR count). The predicted octanol–water partition coefficient (Wildman–Crippen LogP) is 2.84. The van der Waals surface area contributed by atoms with Gasteiger partial charge >= 0.3 is 0 Å². The van der Waals surface area contributed by atoms with Crippen molar-refractivity contribution in [1.82, 2.24) is 9.80 Å². The molecular weight excluding hydrogens is 270 g/mol. The highest BCUT2D eigenvalue weighted by molar-refractivity contribution is 6.30. The third-order valence-corrected chi connectivity index (χ3v) is 5.03. The van der Waals surface area contributed by atoms with Gasteiger partial charge in [-0.25, -0.2) is 0 Å². The van der Waals surface area contributed by atoms with Gasteiger partial charge in [-0.05, 0) is 69.1 Å². The Morgan fingerprint density at radius 1 is 1.25 bits per heavy atom. The van der Waals surface area contributed by atoms with Gasteiger partial charge in [0, 0.05) is 29.8 Å². The first-order valence-electron chi connectivity index (χ1n) is 7.59. The Balaban J connectivity index is 1.64. The molecule has 2 aliphatic rings. The number of halogens is 1. The number of likely N-dealkylation sites (tertiary alicyclic amines) is 2. The lowest BCUT2D eigenvalue weighted by molar-refractivity contribution is 0.0355. The van der Waals surface area contributed by atoms with E-state index in [2.05, 4.69) is 16.8 Å². The zero-order chi connectivity index (χ0) is 14.1. The number of anilines is 1. The second-order valence-electron chi connectivity index (χ2n) is 6.37. The van der Waals surface area contributed by atoms with Crippen molar-refractivity contribution >= 4 is 17.3 Å². The molecule has 0 radical (unpaired) electrons. The molecule has 0 saturated carbocycles. The molecule has 0 aliphatic carbocycles. The van der Waals surface area contributed by atoms with Crippen LogP contribution < -0.4 is 5.73 Å². The number of hydrogen-bond donors (Lipinski definition) is 1. The number of nitrogen functional groups attached to an aromatic ring is 1. The third kappa shape index (κ3) is 3.11. The molecule has 2 unspecified atom stereocenters. The van der Waals surface area contributed by atoms with Crippen molar-refractivity contribution in [2.45, 2.75) is 31.8 Å². The molecule has 0 aromatic heterocycles. The zero-order valence-electron chi connectivity index (χ0n) is 12.2. The minimum absolute atomic E-state index is 0.743. The summed E-state index contributed by atoms with van der Waals surface area (Å²) in [6.07, 6.45) is 4.01. The first-order chi connectivity index (χ1) is 9.61. The van der Waals surface area contributed by atoms with Crippen molar-refractivity contribution < 1.29 is 0 Å². The van der Waals surface area contributed by atoms with Crippen molar-refractivity contribution in [2.24, 2.45) is 5.92 Å². The van der Waals surface area contributed by atoms with Crippen molar-refractivity contribution in [3.63, 3.8) is 0 Å². The van der Waals surface area contributed by atoms with Crippen LogP contribution in [0.3, 0.4) is 0 Å². The molecule has 1 aromatic carbocycles. The van der Waals surface area contributed by atoms with Crippen LogP contribution in [-0.4, -0.2) is 42.5 Å². The smallest absolute Gasteiger partial charge is 0.0429 e. The summed E-state index contributed by atoms with van der Waals surface area (Å²) in [7, 11) is 2.28. The number of fused-ring (bicyclic) bond motifs is 1. The number of nitrogens with two attached hydrogens (primary N) is 1. The van der Waals surface area contributed by atoms with Gasteiger partial charge in [-0.1, -0.05) is 11.6 Å². The van der Waals surface area contributed by atoms with Crippen LogP contribution in [0.15, 0.2) is 18.2 Å². The van der Waals surface area contributed by atoms with Crippen LogP contribution >= 0.6 is 11.6 Å². The van der Waals surface area contributed by atoms with Gasteiger partial charge in [0.1, 0.15) is 0 Å². The van der Waals surface area contributed by atoms with Crippen LogP contribution in [0.4, 0.5) is 5.69 Å². The molecule has 0 bridgehead atoms. The first kappa shape index (κ1) is 14.2. The normalized spacial score (nSPS) is 28.3. The van der Waals surface area contributed by atoms with Crippen molar-refractivity contribution in [3.8, 4) is 0 Å². The van der Waals surface area contributed by atoms with Gasteiger partial charge in [-0.2, -0.15) is 0 Å². The summed E-state index contributed by atoms with van der Waals surface area (Å²) in [6.45, 7) is 4.63. The summed E-state index contributed by atoms with van der Waals surface area (Å²) in [5.74, 6) is 0.832. The maximum absolute atomic E-state index is 6.09. The molecule has 2 atom stereocenters. The van der Waals surface area contributed by atoms with Gasteiger partial charge < -0.3 is 10.6 Å². The molecule has 2 fully saturated rings. The van der Waals surface area contributed by atoms with Crippen molar-refractivity contribution in [3.05, 3.63) is 28.8 Å². The standard InChI is InChI=1S/C16H24ClN3/c1-19-5-2-3-13-11-20(6-4-16(13)19)10-12-7-14(17)9-15(18)8-12/h7-9,13,16H,2-6,10-11,18H2,1H3. The first-order valence-corrected chi connectivity index (χ1v) is 7.97. The van der Waals surface area contributed by atoms with E-state index in [4.69, 9.17) is 17.3 Å². The highest BCUT2D eigenvalue weighted by atomic mass is 35.5. The molecule has 0 spiro atoms. The minimum Gasteiger partial charge on any atom is -0.399 e. The molecule has 0 amide bonds. The van der Waals surface area contributed by atoms with E-state index >= 15 is 0 Å². The Labute approximate surface area is 126 Å². The summed E-state index contributed by atoms with van der Waals surface area (Å²) in [5, 5.41) is 0.743. The van der Waals surface area contributed by atoms with Crippen LogP contribution in [0.2, 0.25) is 5.02 Å². The highest BCUT2D eigenvalue weighted by Gasteiger charge is 2.33. The maximum atomic E-state index is 6.09. The van der Waals surface area contributed by atoms with E-state index in [1.54, 1.807) is 0 Å². The van der Waals surface area contributed by atoms with Crippen LogP contribution in [0.5, 0.6) is 0 Å². The number of piperidine rings is 2. The third-order valence-electron chi connectivity index (χ3n) is 4.82. The van der Waals surface area contributed by atoms with E-state index < -0.39 is 0 Å². The fraction of sp³-hybridized carbons (Fsp3) is 0.625. The van der Waals surface area contributed by atoms with Crippen LogP contribution in [0.1, 0.15) is 24.8 Å². The van der Waals surface area contributed by atoms with Crippen molar-refractivity contribution in [2.75, 3.05) is 32.4 Å². The molecule has 2 heterocycles. The summed E-state index contributed by atoms with van der Waals surface area (Å²) in [4.78, 5) is 5.12. The topological polar surface area (TPSA) is 32.5 Å². The summed E-state index contributed by atoms with van der Waals surface area (Å²) in [6, 6.07) is 6.69. The van der Waals surface area contributed by atoms with Gasteiger partial charge in [0.15, 0.2) is 0 Å². The second-order valence-corrected chi connectivity index (χ2v) is 6.80. The lowest BCUT2D eigenvalue weighted by Gasteiger charge is -2.46. The average Bonchev–Trinajstić information content (AvgIpc) is 2.37. The number of rotatable bonds is 2. The molecular formula is C16H24ClN3. The molecule has 2 aliphatic heterocycles. The van der Waals surface area contributed by atoms with Crippen LogP contribution in [0, 0.1) is 5.92 Å². The molecule has 110 valence electrons. The summed E-state index contributed by atoms with van der Waals surface area (Å²) < 4.78 is 0. The Morgan fingerprint density at radius 2 is 2.10 bits per heavy atom. The lowest BCUT2D eigenvalue weighted by Crippen LogP contribution is -2.52. The fourth-order valence-corrected chi connectivity index (χ4v) is 4.16. The minimum atomic E-state index is 0.743. The number of hydrogen-bond acceptors (Lipinski definition) is 3. The summed E-state index contributed by atoms with van der Waals surface area (Å²) >= 11 is 6.09. The van der Waals surface area contributed by atoms with Gasteiger partial charge in [0.25, 0.3) is 0 Å². The molecule has 2 N–H and O–H groups in total. The molecule has 4 heteroatoms. The predicted molar refractivity (Wildman–Crippen MR) is 84.9 cm³/mol. The molecule has 1 aromatic rings. The van der Waals surface area contributed by atoms with Gasteiger partial charge in [0.05, 0.1) is 0 Å². The lowest BCUT2D eigenvalue weighted by atomic mass is 9.84. The molecule has 20 heavy (non-hydrogen) atoms. The second kappa shape index (κ2) is 5.92. The Bertz CT molecular complexity index is 457. The number of nitrogens with zero attached hydrogens (tertiary/aromatic N) is 2. The summed E-state index contributed by atoms with van der Waals surface area (Å²) in [5.41, 5.74) is 7.88. The van der Waals surface area contributed by atoms with Gasteiger partial charge in [-0.3, -0.25) is 4.90 Å². The van der Waals surface area contributed by atoms with E-state index in [9.17, 15) is 0 Å². The monoisotopic (exact) mass is 293 g/mol. The Hall–Kier alpha value is -0.770. The van der Waals surface area contributed by atoms with Gasteiger partial charge in [0.2, 0.25) is 0 Å². The Kier molecular flexibility index (Phi) is 4.20. The largest absolute Gasteiger partial charge is 0.399 e. The van der Waals surface area contributed by atoms with E-state index in [1.807, 2.05) is 18.2 Å². The quantitative estimate of drug-likeness (QED) is 0.851. The van der Waals surface area contributed by atoms with Crippen molar-refractivity contribution in [1.29, 1.82) is 0 Å². The van der Waals surface area contributed by atoms with E-state index in [0.29, 0.717) is 0 Å². The van der Waals surface area contributed by atoms with Crippen LogP contribution in [0.25, 0.3) is 0 Å². The molecule has 2 saturated heterocycles. The van der Waals surface area contributed by atoms with Gasteiger partial charge in [-0.15, -0.1) is 0 Å². The zero-order valence-corrected chi connectivity index (χ0v) is 12.9. The average molecular weight is 294 g/mol. The number of benzene rings is 1. The fourth-order valence-electron chi connectivity index (χ4n) is 3.90. The highest BCUT2D eigenvalue weighted by Crippen LogP contribution is 2.30. The van der Waals surface area contributed by atoms with E-state index in [0.717, 1.165) is 29.2 Å². The Morgan fingerprint density at radius 3 is 2.90 bits per heavy atom.